The van der Waals surface area contributed by atoms with E-state index >= 15 is 0 Å². The second-order valence-electron chi connectivity index (χ2n) is 5.93. The van der Waals surface area contributed by atoms with Gasteiger partial charge in [0.15, 0.2) is 5.69 Å². The quantitative estimate of drug-likeness (QED) is 0.708. The summed E-state index contributed by atoms with van der Waals surface area (Å²) in [5.41, 5.74) is 0.0219. The minimum atomic E-state index is -1.06. The average Bonchev–Trinajstić information content (AvgIpc) is 3.15. The minimum absolute atomic E-state index is 0.0219. The van der Waals surface area contributed by atoms with Crippen molar-refractivity contribution in [3.8, 4) is 0 Å². The summed E-state index contributed by atoms with van der Waals surface area (Å²) in [5, 5.41) is 16.6. The Hall–Kier alpha value is -2.16. The molecule has 1 fully saturated rings. The van der Waals surface area contributed by atoms with Gasteiger partial charge in [0.2, 0.25) is 5.91 Å². The third kappa shape index (κ3) is 4.67. The number of hydrogen-bond acceptors (Lipinski definition) is 5. The first-order valence-electron chi connectivity index (χ1n) is 7.91. The molecule has 8 nitrogen and oxygen atoms in total. The average molecular weight is 354 g/mol. The molecule has 0 saturated carbocycles. The monoisotopic (exact) mass is 354 g/mol. The van der Waals surface area contributed by atoms with E-state index in [1.54, 1.807) is 4.90 Å². The summed E-state index contributed by atoms with van der Waals surface area (Å²) < 4.78 is 0. The molecular weight excluding hydrogens is 332 g/mol. The molecule has 3 amide bonds. The maximum absolute atomic E-state index is 12.3. The highest BCUT2D eigenvalue weighted by Gasteiger charge is 2.34. The molecule has 0 aromatic carbocycles. The number of likely N-dealkylation sites (tertiary alicyclic amines) is 1. The van der Waals surface area contributed by atoms with Gasteiger partial charge in [0.1, 0.15) is 6.04 Å². The van der Waals surface area contributed by atoms with Gasteiger partial charge in [-0.15, -0.1) is 11.3 Å². The normalized spacial score (nSPS) is 17.1. The summed E-state index contributed by atoms with van der Waals surface area (Å²) in [6.45, 7) is 4.69. The number of thiazole rings is 1. The van der Waals surface area contributed by atoms with Crippen LogP contribution >= 0.6 is 11.3 Å². The van der Waals surface area contributed by atoms with Gasteiger partial charge in [-0.1, -0.05) is 0 Å². The minimum Gasteiger partial charge on any atom is -0.476 e. The number of rotatable bonds is 6. The number of carboxylic acid groups (broad SMARTS) is 1. The standard InChI is InChI=1S/C15H22N4O4S/c1-9(2)17-15(23)19-7-3-4-11(19)13(20)16-6-5-12-18-10(8-24-12)14(21)22/h8-9,11H,3-7H2,1-2H3,(H,16,20)(H,17,23)(H,21,22)/t11-/m0/s1. The van der Waals surface area contributed by atoms with E-state index in [1.165, 1.54) is 16.7 Å². The van der Waals surface area contributed by atoms with Crippen molar-refractivity contribution in [2.24, 2.45) is 0 Å². The van der Waals surface area contributed by atoms with Crippen LogP contribution in [0.4, 0.5) is 4.79 Å². The largest absolute Gasteiger partial charge is 0.476 e. The Balaban J connectivity index is 1.82. The third-order valence-electron chi connectivity index (χ3n) is 3.64. The highest BCUT2D eigenvalue weighted by molar-refractivity contribution is 7.09. The van der Waals surface area contributed by atoms with Crippen molar-refractivity contribution < 1.29 is 19.5 Å². The number of aromatic carboxylic acids is 1. The molecule has 1 aromatic heterocycles. The van der Waals surface area contributed by atoms with Crippen LogP contribution < -0.4 is 10.6 Å². The molecular formula is C15H22N4O4S. The molecule has 0 bridgehead atoms. The number of hydrogen-bond donors (Lipinski definition) is 3. The van der Waals surface area contributed by atoms with E-state index in [0.29, 0.717) is 30.9 Å². The van der Waals surface area contributed by atoms with Gasteiger partial charge in [-0.25, -0.2) is 14.6 Å². The van der Waals surface area contributed by atoms with Crippen LogP contribution in [-0.2, 0) is 11.2 Å². The molecule has 0 spiro atoms. The number of urea groups is 1. The molecule has 2 rings (SSSR count). The Labute approximate surface area is 144 Å². The van der Waals surface area contributed by atoms with Crippen LogP contribution in [0.1, 0.15) is 42.2 Å². The number of nitrogens with one attached hydrogen (secondary N) is 2. The van der Waals surface area contributed by atoms with Crippen LogP contribution in [0.15, 0.2) is 5.38 Å². The summed E-state index contributed by atoms with van der Waals surface area (Å²) in [6.07, 6.45) is 1.92. The van der Waals surface area contributed by atoms with Gasteiger partial charge >= 0.3 is 12.0 Å². The summed E-state index contributed by atoms with van der Waals surface area (Å²) in [5.74, 6) is -1.24. The van der Waals surface area contributed by atoms with E-state index in [-0.39, 0.29) is 23.7 Å². The zero-order valence-electron chi connectivity index (χ0n) is 13.7. The first-order chi connectivity index (χ1) is 11.4. The summed E-state index contributed by atoms with van der Waals surface area (Å²) in [4.78, 5) is 40.7. The number of amides is 3. The van der Waals surface area contributed by atoms with Crippen LogP contribution in [0.2, 0.25) is 0 Å². The van der Waals surface area contributed by atoms with E-state index in [1.807, 2.05) is 13.8 Å². The Bertz CT molecular complexity index is 616. The van der Waals surface area contributed by atoms with Crippen molar-refractivity contribution in [1.29, 1.82) is 0 Å². The highest BCUT2D eigenvalue weighted by Crippen LogP contribution is 2.17. The molecule has 0 radical (unpaired) electrons. The Morgan fingerprint density at radius 1 is 1.46 bits per heavy atom. The van der Waals surface area contributed by atoms with Gasteiger partial charge in [-0.05, 0) is 26.7 Å². The maximum Gasteiger partial charge on any atom is 0.355 e. The lowest BCUT2D eigenvalue weighted by molar-refractivity contribution is -0.124. The summed E-state index contributed by atoms with van der Waals surface area (Å²) in [6, 6.07) is -0.640. The fraction of sp³-hybridized carbons (Fsp3) is 0.600. The second kappa shape index (κ2) is 8.09. The molecule has 1 aliphatic rings. The molecule has 0 unspecified atom stereocenters. The zero-order chi connectivity index (χ0) is 17.7. The second-order valence-corrected chi connectivity index (χ2v) is 6.87. The Kier molecular flexibility index (Phi) is 6.13. The molecule has 2 heterocycles. The number of carbonyl (C=O) groups is 3. The van der Waals surface area contributed by atoms with Gasteiger partial charge in [-0.2, -0.15) is 0 Å². The van der Waals surface area contributed by atoms with Crippen LogP contribution in [0.3, 0.4) is 0 Å². The molecule has 1 aliphatic heterocycles. The van der Waals surface area contributed by atoms with Gasteiger partial charge < -0.3 is 20.6 Å². The maximum atomic E-state index is 12.3. The Morgan fingerprint density at radius 3 is 2.83 bits per heavy atom. The topological polar surface area (TPSA) is 112 Å². The van der Waals surface area contributed by atoms with Crippen molar-refractivity contribution in [3.05, 3.63) is 16.1 Å². The van der Waals surface area contributed by atoms with Crippen LogP contribution in [0.25, 0.3) is 0 Å². The molecule has 9 heteroatoms. The number of carboxylic acids is 1. The molecule has 132 valence electrons. The van der Waals surface area contributed by atoms with Crippen molar-refractivity contribution >= 4 is 29.2 Å². The van der Waals surface area contributed by atoms with Gasteiger partial charge in [0.25, 0.3) is 0 Å². The van der Waals surface area contributed by atoms with Crippen molar-refractivity contribution in [2.45, 2.75) is 45.2 Å². The van der Waals surface area contributed by atoms with E-state index in [9.17, 15) is 14.4 Å². The fourth-order valence-electron chi connectivity index (χ4n) is 2.55. The van der Waals surface area contributed by atoms with Crippen molar-refractivity contribution in [3.63, 3.8) is 0 Å². The SMILES string of the molecule is CC(C)NC(=O)N1CCC[C@H]1C(=O)NCCc1nc(C(=O)O)cs1. The third-order valence-corrected chi connectivity index (χ3v) is 4.55. The van der Waals surface area contributed by atoms with E-state index in [4.69, 9.17) is 5.11 Å². The summed E-state index contributed by atoms with van der Waals surface area (Å²) >= 11 is 1.26. The lowest BCUT2D eigenvalue weighted by Gasteiger charge is -2.25. The van der Waals surface area contributed by atoms with E-state index < -0.39 is 12.0 Å². The molecule has 1 aromatic rings. The summed E-state index contributed by atoms with van der Waals surface area (Å²) in [7, 11) is 0. The molecule has 24 heavy (non-hydrogen) atoms. The first-order valence-corrected chi connectivity index (χ1v) is 8.79. The number of carbonyl (C=O) groups excluding carboxylic acids is 2. The Morgan fingerprint density at radius 2 is 2.21 bits per heavy atom. The predicted octanol–water partition coefficient (Wildman–Crippen LogP) is 1.08. The highest BCUT2D eigenvalue weighted by atomic mass is 32.1. The molecule has 1 atom stereocenters. The van der Waals surface area contributed by atoms with Crippen molar-refractivity contribution in [2.75, 3.05) is 13.1 Å². The molecule has 0 aliphatic carbocycles. The zero-order valence-corrected chi connectivity index (χ0v) is 14.6. The lowest BCUT2D eigenvalue weighted by Crippen LogP contribution is -2.51. The molecule has 1 saturated heterocycles. The number of nitrogens with zero attached hydrogens (tertiary/aromatic N) is 2. The predicted molar refractivity (Wildman–Crippen MR) is 89.2 cm³/mol. The molecule has 3 N–H and O–H groups in total. The first kappa shape index (κ1) is 18.2. The van der Waals surface area contributed by atoms with Crippen molar-refractivity contribution in [1.82, 2.24) is 20.5 Å². The fourth-order valence-corrected chi connectivity index (χ4v) is 3.32. The lowest BCUT2D eigenvalue weighted by atomic mass is 10.2. The van der Waals surface area contributed by atoms with E-state index in [2.05, 4.69) is 15.6 Å². The van der Waals surface area contributed by atoms with Gasteiger partial charge in [0.05, 0.1) is 5.01 Å². The van der Waals surface area contributed by atoms with E-state index in [0.717, 1.165) is 6.42 Å². The van der Waals surface area contributed by atoms with Crippen LogP contribution in [-0.4, -0.2) is 58.1 Å². The van der Waals surface area contributed by atoms with Gasteiger partial charge in [-0.3, -0.25) is 4.79 Å². The number of aromatic nitrogens is 1. The van der Waals surface area contributed by atoms with Crippen LogP contribution in [0, 0.1) is 0 Å². The van der Waals surface area contributed by atoms with Gasteiger partial charge in [0, 0.05) is 30.9 Å². The van der Waals surface area contributed by atoms with Crippen LogP contribution in [0.5, 0.6) is 0 Å². The smallest absolute Gasteiger partial charge is 0.355 e.